The lowest BCUT2D eigenvalue weighted by Crippen LogP contribution is -2.44. The molecule has 29 heavy (non-hydrogen) atoms. The van der Waals surface area contributed by atoms with E-state index in [1.807, 2.05) is 0 Å². The summed E-state index contributed by atoms with van der Waals surface area (Å²) in [5.41, 5.74) is 0. The van der Waals surface area contributed by atoms with Crippen molar-refractivity contribution < 1.29 is 22.7 Å². The molecule has 0 spiro atoms. The van der Waals surface area contributed by atoms with Crippen molar-refractivity contribution in [3.63, 3.8) is 0 Å². The summed E-state index contributed by atoms with van der Waals surface area (Å²) in [5, 5.41) is 4.61. The van der Waals surface area contributed by atoms with Gasteiger partial charge < -0.3 is 10.1 Å². The summed E-state index contributed by atoms with van der Waals surface area (Å²) in [5.74, 6) is -0.837. The second kappa shape index (κ2) is 10.0. The van der Waals surface area contributed by atoms with Crippen molar-refractivity contribution in [3.8, 4) is 0 Å². The maximum atomic E-state index is 12.7. The summed E-state index contributed by atoms with van der Waals surface area (Å²) in [6, 6.07) is 3.27. The molecule has 0 aromatic carbocycles. The molecule has 1 amide bonds. The maximum Gasteiger partial charge on any atom is 0.311 e. The van der Waals surface area contributed by atoms with Crippen LogP contribution in [0.25, 0.3) is 0 Å². The van der Waals surface area contributed by atoms with Crippen molar-refractivity contribution in [1.29, 1.82) is 0 Å². The molecule has 1 aliphatic heterocycles. The SMILES string of the molecule is CC(OC(=O)C1CCCN(S(=O)(=O)c2cccs2)C1)C(=O)NCC1CCCCC1. The van der Waals surface area contributed by atoms with E-state index >= 15 is 0 Å². The van der Waals surface area contributed by atoms with E-state index in [9.17, 15) is 18.0 Å². The molecule has 3 rings (SSSR count). The molecule has 0 bridgehead atoms. The molecule has 1 saturated heterocycles. The summed E-state index contributed by atoms with van der Waals surface area (Å²) in [7, 11) is -3.59. The monoisotopic (exact) mass is 442 g/mol. The lowest BCUT2D eigenvalue weighted by molar-refractivity contribution is -0.159. The number of carbonyl (C=O) groups is 2. The fourth-order valence-electron chi connectivity index (χ4n) is 3.99. The van der Waals surface area contributed by atoms with Crippen molar-refractivity contribution in [2.45, 2.75) is 62.2 Å². The molecule has 1 aromatic rings. The van der Waals surface area contributed by atoms with Gasteiger partial charge in [0.1, 0.15) is 4.21 Å². The highest BCUT2D eigenvalue weighted by Crippen LogP contribution is 2.27. The van der Waals surface area contributed by atoms with Gasteiger partial charge in [-0.25, -0.2) is 8.42 Å². The molecule has 0 radical (unpaired) electrons. The Bertz CT molecular complexity index is 788. The Labute approximate surface area is 176 Å². The zero-order valence-electron chi connectivity index (χ0n) is 16.8. The molecule has 2 atom stereocenters. The van der Waals surface area contributed by atoms with E-state index in [1.54, 1.807) is 24.4 Å². The van der Waals surface area contributed by atoms with Crippen LogP contribution in [0.1, 0.15) is 51.9 Å². The van der Waals surface area contributed by atoms with Crippen LogP contribution in [0, 0.1) is 11.8 Å². The van der Waals surface area contributed by atoms with Gasteiger partial charge in [-0.05, 0) is 50.0 Å². The van der Waals surface area contributed by atoms with Gasteiger partial charge in [-0.2, -0.15) is 4.31 Å². The zero-order chi connectivity index (χ0) is 20.9. The Kier molecular flexibility index (Phi) is 7.70. The molecule has 7 nitrogen and oxygen atoms in total. The normalized spacial score (nSPS) is 22.7. The van der Waals surface area contributed by atoms with E-state index < -0.39 is 28.0 Å². The van der Waals surface area contributed by atoms with Gasteiger partial charge in [-0.1, -0.05) is 25.3 Å². The van der Waals surface area contributed by atoms with Crippen molar-refractivity contribution in [3.05, 3.63) is 17.5 Å². The van der Waals surface area contributed by atoms with Crippen molar-refractivity contribution >= 4 is 33.2 Å². The van der Waals surface area contributed by atoms with Gasteiger partial charge in [0, 0.05) is 19.6 Å². The number of nitrogens with zero attached hydrogens (tertiary/aromatic N) is 1. The summed E-state index contributed by atoms with van der Waals surface area (Å²) in [6.07, 6.45) is 6.21. The number of carbonyl (C=O) groups excluding carboxylic acids is 2. The minimum Gasteiger partial charge on any atom is -0.452 e. The predicted molar refractivity (Wildman–Crippen MR) is 111 cm³/mol. The Morgan fingerprint density at radius 3 is 2.69 bits per heavy atom. The van der Waals surface area contributed by atoms with Gasteiger partial charge in [0.2, 0.25) is 0 Å². The third kappa shape index (κ3) is 5.79. The van der Waals surface area contributed by atoms with E-state index in [0.717, 1.165) is 12.8 Å². The molecule has 162 valence electrons. The largest absolute Gasteiger partial charge is 0.452 e. The van der Waals surface area contributed by atoms with Crippen molar-refractivity contribution in [2.24, 2.45) is 11.8 Å². The van der Waals surface area contributed by atoms with Crippen LogP contribution >= 0.6 is 11.3 Å². The first-order chi connectivity index (χ1) is 13.9. The number of amides is 1. The molecule has 1 saturated carbocycles. The molecule has 1 aliphatic carbocycles. The predicted octanol–water partition coefficient (Wildman–Crippen LogP) is 2.78. The van der Waals surface area contributed by atoms with Gasteiger partial charge >= 0.3 is 5.97 Å². The average Bonchev–Trinajstić information content (AvgIpc) is 3.28. The molecule has 9 heteroatoms. The van der Waals surface area contributed by atoms with Crippen LogP contribution in [0.3, 0.4) is 0 Å². The van der Waals surface area contributed by atoms with Crippen LogP contribution in [0.2, 0.25) is 0 Å². The summed E-state index contributed by atoms with van der Waals surface area (Å²) in [4.78, 5) is 24.8. The third-order valence-corrected chi connectivity index (χ3v) is 9.00. The van der Waals surface area contributed by atoms with E-state index in [0.29, 0.717) is 31.8 Å². The fourth-order valence-corrected chi connectivity index (χ4v) is 6.66. The Morgan fingerprint density at radius 1 is 1.24 bits per heavy atom. The van der Waals surface area contributed by atoms with Crippen LogP contribution < -0.4 is 5.32 Å². The molecule has 2 unspecified atom stereocenters. The highest BCUT2D eigenvalue weighted by atomic mass is 32.2. The van der Waals surface area contributed by atoms with Crippen LogP contribution in [-0.4, -0.2) is 50.3 Å². The van der Waals surface area contributed by atoms with Crippen LogP contribution in [0.15, 0.2) is 21.7 Å². The number of hydrogen-bond donors (Lipinski definition) is 1. The Hall–Kier alpha value is -1.45. The number of nitrogens with one attached hydrogen (secondary N) is 1. The van der Waals surface area contributed by atoms with E-state index in [4.69, 9.17) is 4.74 Å². The molecule has 2 fully saturated rings. The molecular weight excluding hydrogens is 412 g/mol. The van der Waals surface area contributed by atoms with Gasteiger partial charge in [0.25, 0.3) is 15.9 Å². The Morgan fingerprint density at radius 2 is 2.00 bits per heavy atom. The highest BCUT2D eigenvalue weighted by molar-refractivity contribution is 7.91. The van der Waals surface area contributed by atoms with Gasteiger partial charge in [-0.3, -0.25) is 9.59 Å². The van der Waals surface area contributed by atoms with Crippen LogP contribution in [-0.2, 0) is 24.3 Å². The summed E-state index contributed by atoms with van der Waals surface area (Å²) >= 11 is 1.17. The number of piperidine rings is 1. The topological polar surface area (TPSA) is 92.8 Å². The smallest absolute Gasteiger partial charge is 0.311 e. The standard InChI is InChI=1S/C20H30N2O5S2/c1-15(19(23)21-13-16-7-3-2-4-8-16)27-20(24)17-9-5-11-22(14-17)29(25,26)18-10-6-12-28-18/h6,10,12,15-17H,2-5,7-9,11,13-14H2,1H3,(H,21,23). The number of rotatable bonds is 7. The van der Waals surface area contributed by atoms with Crippen LogP contribution in [0.5, 0.6) is 0 Å². The molecule has 2 heterocycles. The summed E-state index contributed by atoms with van der Waals surface area (Å²) in [6.45, 7) is 2.67. The highest BCUT2D eigenvalue weighted by Gasteiger charge is 2.35. The number of sulfonamides is 1. The minimum absolute atomic E-state index is 0.0927. The number of esters is 1. The number of hydrogen-bond acceptors (Lipinski definition) is 6. The second-order valence-corrected chi connectivity index (χ2v) is 11.1. The molecular formula is C20H30N2O5S2. The van der Waals surface area contributed by atoms with Gasteiger partial charge in [0.15, 0.2) is 6.10 Å². The third-order valence-electron chi connectivity index (χ3n) is 5.76. The maximum absolute atomic E-state index is 12.7. The first kappa shape index (κ1) is 22.2. The first-order valence-electron chi connectivity index (χ1n) is 10.4. The van der Waals surface area contributed by atoms with Gasteiger partial charge in [0.05, 0.1) is 5.92 Å². The number of thiophene rings is 1. The number of ether oxygens (including phenoxy) is 1. The van der Waals surface area contributed by atoms with Crippen molar-refractivity contribution in [2.75, 3.05) is 19.6 Å². The lowest BCUT2D eigenvalue weighted by Gasteiger charge is -2.30. The molecule has 1 aromatic heterocycles. The van der Waals surface area contributed by atoms with Crippen molar-refractivity contribution in [1.82, 2.24) is 9.62 Å². The quantitative estimate of drug-likeness (QED) is 0.656. The molecule has 2 aliphatic rings. The minimum atomic E-state index is -3.59. The molecule has 1 N–H and O–H groups in total. The second-order valence-electron chi connectivity index (χ2n) is 7.96. The average molecular weight is 443 g/mol. The first-order valence-corrected chi connectivity index (χ1v) is 12.7. The van der Waals surface area contributed by atoms with E-state index in [-0.39, 0.29) is 16.7 Å². The van der Waals surface area contributed by atoms with Gasteiger partial charge in [-0.15, -0.1) is 11.3 Å². The van der Waals surface area contributed by atoms with E-state index in [1.165, 1.54) is 34.9 Å². The Balaban J connectivity index is 1.49. The fraction of sp³-hybridized carbons (Fsp3) is 0.700. The van der Waals surface area contributed by atoms with Crippen LogP contribution in [0.4, 0.5) is 0 Å². The van der Waals surface area contributed by atoms with E-state index in [2.05, 4.69) is 5.32 Å². The summed E-state index contributed by atoms with van der Waals surface area (Å²) < 4.78 is 32.4. The zero-order valence-corrected chi connectivity index (χ0v) is 18.5. The lowest BCUT2D eigenvalue weighted by atomic mass is 9.89.